The Kier molecular flexibility index (Phi) is 9.01. The number of sulfone groups is 1. The summed E-state index contributed by atoms with van der Waals surface area (Å²) in [5.74, 6) is -0.116. The van der Waals surface area contributed by atoms with E-state index in [1.165, 1.54) is 6.07 Å². The van der Waals surface area contributed by atoms with Crippen molar-refractivity contribution in [1.82, 2.24) is 0 Å². The minimum atomic E-state index is -3.37. The maximum atomic E-state index is 13.3. The standard InChI is InChI=1S/C34H31F2NO6S/c1-3-44(40,41)32-7-5-4-6-25(32)16-18-37-19-17-27-22(2)30(15-14-29(27)37)42-26-12-13-28(31(21-26)43-34(35)36)24-10-8-23(9-11-24)20-33(38)39/h4-16,18,21,34H,3,17,19-20H2,1-2H3,(H,38,39). The van der Waals surface area contributed by atoms with Gasteiger partial charge >= 0.3 is 12.6 Å². The molecule has 0 bridgehead atoms. The van der Waals surface area contributed by atoms with Gasteiger partial charge in [0.25, 0.3) is 0 Å². The fourth-order valence-corrected chi connectivity index (χ4v) is 6.34. The van der Waals surface area contributed by atoms with Gasteiger partial charge < -0.3 is 19.5 Å². The molecule has 0 saturated heterocycles. The van der Waals surface area contributed by atoms with Gasteiger partial charge in [0.1, 0.15) is 17.2 Å². The van der Waals surface area contributed by atoms with Crippen LogP contribution in [0.15, 0.2) is 90.0 Å². The number of rotatable bonds is 11. The number of carbonyl (C=O) groups is 1. The zero-order chi connectivity index (χ0) is 31.4. The van der Waals surface area contributed by atoms with Crippen molar-refractivity contribution in [3.05, 3.63) is 107 Å². The SMILES string of the molecule is CCS(=O)(=O)c1ccccc1C=CN1CCc2c1ccc(Oc1ccc(-c3ccc(CC(=O)O)cc3)c(OC(F)F)c1)c2C. The molecule has 0 radical (unpaired) electrons. The topological polar surface area (TPSA) is 93.1 Å². The van der Waals surface area contributed by atoms with Crippen molar-refractivity contribution in [2.24, 2.45) is 0 Å². The van der Waals surface area contributed by atoms with Gasteiger partial charge in [-0.3, -0.25) is 4.79 Å². The van der Waals surface area contributed by atoms with Crippen LogP contribution in [0.4, 0.5) is 14.5 Å². The van der Waals surface area contributed by atoms with Gasteiger partial charge in [-0.1, -0.05) is 49.4 Å². The number of halogens is 2. The number of hydrogen-bond donors (Lipinski definition) is 1. The van der Waals surface area contributed by atoms with E-state index in [0.29, 0.717) is 45.2 Å². The number of carboxylic acid groups (broad SMARTS) is 1. The number of anilines is 1. The van der Waals surface area contributed by atoms with E-state index >= 15 is 0 Å². The molecular formula is C34H31F2NO6S. The molecule has 1 aliphatic rings. The predicted octanol–water partition coefficient (Wildman–Crippen LogP) is 7.51. The Labute approximate surface area is 254 Å². The van der Waals surface area contributed by atoms with E-state index in [0.717, 1.165) is 23.2 Å². The van der Waals surface area contributed by atoms with Crippen LogP contribution in [0.2, 0.25) is 0 Å². The molecule has 4 aromatic rings. The lowest BCUT2D eigenvalue weighted by atomic mass is 10.0. The molecule has 0 aliphatic carbocycles. The highest BCUT2D eigenvalue weighted by atomic mass is 32.2. The highest BCUT2D eigenvalue weighted by Gasteiger charge is 2.23. The third-order valence-corrected chi connectivity index (χ3v) is 9.32. The molecule has 44 heavy (non-hydrogen) atoms. The quantitative estimate of drug-likeness (QED) is 0.186. The first-order chi connectivity index (χ1) is 21.1. The van der Waals surface area contributed by atoms with Crippen molar-refractivity contribution in [2.45, 2.75) is 38.2 Å². The summed E-state index contributed by atoms with van der Waals surface area (Å²) >= 11 is 0. The number of ether oxygens (including phenoxy) is 2. The fraction of sp³-hybridized carbons (Fsp3) is 0.206. The van der Waals surface area contributed by atoms with Gasteiger partial charge in [0.05, 0.1) is 17.1 Å². The van der Waals surface area contributed by atoms with E-state index in [9.17, 15) is 22.0 Å². The van der Waals surface area contributed by atoms with Crippen molar-refractivity contribution in [2.75, 3.05) is 17.2 Å². The molecule has 0 aromatic heterocycles. The summed E-state index contributed by atoms with van der Waals surface area (Å²) in [6.07, 6.45) is 4.30. The summed E-state index contributed by atoms with van der Waals surface area (Å²) in [5.41, 5.74) is 5.18. The van der Waals surface area contributed by atoms with Crippen LogP contribution >= 0.6 is 0 Å². The van der Waals surface area contributed by atoms with Crippen molar-refractivity contribution >= 4 is 27.6 Å². The second-order valence-corrected chi connectivity index (χ2v) is 12.5. The molecule has 0 spiro atoms. The number of fused-ring (bicyclic) bond motifs is 1. The maximum Gasteiger partial charge on any atom is 0.387 e. The summed E-state index contributed by atoms with van der Waals surface area (Å²) in [4.78, 5) is 13.3. The van der Waals surface area contributed by atoms with Gasteiger partial charge in [-0.15, -0.1) is 0 Å². The third kappa shape index (κ3) is 6.75. The Morgan fingerprint density at radius 1 is 1.02 bits per heavy atom. The highest BCUT2D eigenvalue weighted by molar-refractivity contribution is 7.91. The second kappa shape index (κ2) is 12.9. The number of alkyl halides is 2. The monoisotopic (exact) mass is 619 g/mol. The normalized spacial score (nSPS) is 13.0. The summed E-state index contributed by atoms with van der Waals surface area (Å²) < 4.78 is 62.7. The molecule has 5 rings (SSSR count). The summed E-state index contributed by atoms with van der Waals surface area (Å²) in [7, 11) is -3.37. The molecule has 228 valence electrons. The first-order valence-electron chi connectivity index (χ1n) is 14.0. The second-order valence-electron chi connectivity index (χ2n) is 10.3. The Hall–Kier alpha value is -4.70. The van der Waals surface area contributed by atoms with Gasteiger partial charge in [-0.25, -0.2) is 8.42 Å². The van der Waals surface area contributed by atoms with Crippen LogP contribution in [0, 0.1) is 6.92 Å². The van der Waals surface area contributed by atoms with Crippen LogP contribution in [0.5, 0.6) is 17.2 Å². The Morgan fingerprint density at radius 2 is 1.77 bits per heavy atom. The molecular weight excluding hydrogens is 588 g/mol. The largest absolute Gasteiger partial charge is 0.481 e. The van der Waals surface area contributed by atoms with Gasteiger partial charge in [0.15, 0.2) is 9.84 Å². The van der Waals surface area contributed by atoms with Gasteiger partial charge in [0.2, 0.25) is 0 Å². The molecule has 0 saturated carbocycles. The number of carboxylic acids is 1. The zero-order valence-electron chi connectivity index (χ0n) is 24.2. The maximum absolute atomic E-state index is 13.3. The van der Waals surface area contributed by atoms with E-state index in [-0.39, 0.29) is 17.9 Å². The Bertz CT molecular complexity index is 1820. The number of hydrogen-bond acceptors (Lipinski definition) is 6. The first-order valence-corrected chi connectivity index (χ1v) is 15.7. The van der Waals surface area contributed by atoms with Crippen LogP contribution < -0.4 is 14.4 Å². The fourth-order valence-electron chi connectivity index (χ4n) is 5.25. The van der Waals surface area contributed by atoms with Gasteiger partial charge in [-0.2, -0.15) is 8.78 Å². The van der Waals surface area contributed by atoms with Crippen LogP contribution in [0.3, 0.4) is 0 Å². The zero-order valence-corrected chi connectivity index (χ0v) is 25.0. The number of benzene rings is 4. The van der Waals surface area contributed by atoms with Crippen LogP contribution in [0.25, 0.3) is 17.2 Å². The number of nitrogens with zero attached hydrogens (tertiary/aromatic N) is 1. The van der Waals surface area contributed by atoms with E-state index in [4.69, 9.17) is 14.6 Å². The number of aliphatic carboxylic acids is 1. The summed E-state index contributed by atoms with van der Waals surface area (Å²) in [5, 5.41) is 9.00. The Morgan fingerprint density at radius 3 is 2.48 bits per heavy atom. The molecule has 10 heteroatoms. The molecule has 1 heterocycles. The van der Waals surface area contributed by atoms with E-state index < -0.39 is 22.4 Å². The average molecular weight is 620 g/mol. The van der Waals surface area contributed by atoms with Crippen LogP contribution in [-0.4, -0.2) is 38.4 Å². The molecule has 4 aromatic carbocycles. The lowest BCUT2D eigenvalue weighted by Crippen LogP contribution is -2.12. The third-order valence-electron chi connectivity index (χ3n) is 7.52. The average Bonchev–Trinajstić information content (AvgIpc) is 3.41. The predicted molar refractivity (Wildman–Crippen MR) is 165 cm³/mol. The van der Waals surface area contributed by atoms with Crippen molar-refractivity contribution in [1.29, 1.82) is 0 Å². The minimum Gasteiger partial charge on any atom is -0.481 e. The molecule has 1 N–H and O–H groups in total. The molecule has 1 aliphatic heterocycles. The molecule has 0 unspecified atom stereocenters. The first kappa shape index (κ1) is 30.7. The van der Waals surface area contributed by atoms with E-state index in [1.54, 1.807) is 61.5 Å². The summed E-state index contributed by atoms with van der Waals surface area (Å²) in [6, 6.07) is 22.0. The smallest absolute Gasteiger partial charge is 0.387 e. The van der Waals surface area contributed by atoms with Crippen LogP contribution in [0.1, 0.15) is 29.2 Å². The van der Waals surface area contributed by atoms with Crippen molar-refractivity contribution < 1.29 is 36.6 Å². The molecule has 0 atom stereocenters. The van der Waals surface area contributed by atoms with Crippen LogP contribution in [-0.2, 0) is 27.5 Å². The lowest BCUT2D eigenvalue weighted by molar-refractivity contribution is -0.136. The molecule has 0 fully saturated rings. The lowest BCUT2D eigenvalue weighted by Gasteiger charge is -2.18. The van der Waals surface area contributed by atoms with E-state index in [2.05, 4.69) is 4.90 Å². The van der Waals surface area contributed by atoms with E-state index in [1.807, 2.05) is 37.4 Å². The summed E-state index contributed by atoms with van der Waals surface area (Å²) in [6.45, 7) is 1.21. The van der Waals surface area contributed by atoms with Gasteiger partial charge in [0, 0.05) is 30.1 Å². The Balaban J connectivity index is 1.38. The molecule has 0 amide bonds. The van der Waals surface area contributed by atoms with Crippen molar-refractivity contribution in [3.8, 4) is 28.4 Å². The van der Waals surface area contributed by atoms with Crippen molar-refractivity contribution in [3.63, 3.8) is 0 Å². The van der Waals surface area contributed by atoms with Gasteiger partial charge in [-0.05, 0) is 77.6 Å². The molecule has 7 nitrogen and oxygen atoms in total. The minimum absolute atomic E-state index is 0.0204. The highest BCUT2D eigenvalue weighted by Crippen LogP contribution is 2.40.